The first-order chi connectivity index (χ1) is 9.01. The smallest absolute Gasteiger partial charge is 0.346 e. The number of amides is 1. The molecule has 19 heavy (non-hydrogen) atoms. The van der Waals surface area contributed by atoms with Crippen molar-refractivity contribution < 1.29 is 19.7 Å². The summed E-state index contributed by atoms with van der Waals surface area (Å²) in [6.45, 7) is -0.231. The Hall–Kier alpha value is -1.97. The number of rotatable bonds is 4. The van der Waals surface area contributed by atoms with Crippen LogP contribution in [0.2, 0.25) is 0 Å². The van der Waals surface area contributed by atoms with Crippen molar-refractivity contribution in [3.63, 3.8) is 0 Å². The van der Waals surface area contributed by atoms with Crippen LogP contribution in [0.3, 0.4) is 0 Å². The van der Waals surface area contributed by atoms with E-state index in [-0.39, 0.29) is 24.4 Å². The van der Waals surface area contributed by atoms with Crippen LogP contribution in [0.4, 0.5) is 5.82 Å². The quantitative estimate of drug-likeness (QED) is 0.414. The number of carbonyl (C=O) groups is 1. The molecule has 0 unspecified atom stereocenters. The van der Waals surface area contributed by atoms with Crippen LogP contribution in [0.25, 0.3) is 0 Å². The van der Waals surface area contributed by atoms with Crippen LogP contribution in [-0.4, -0.2) is 51.1 Å². The van der Waals surface area contributed by atoms with E-state index < -0.39 is 30.0 Å². The molecule has 0 aromatic carbocycles. The summed E-state index contributed by atoms with van der Waals surface area (Å²) in [7, 11) is 0. The Bertz CT molecular complexity index is 531. The molecule has 0 radical (unpaired) electrons. The first kappa shape index (κ1) is 13.5. The van der Waals surface area contributed by atoms with Crippen LogP contribution in [0.15, 0.2) is 11.0 Å². The van der Waals surface area contributed by atoms with Gasteiger partial charge in [0.15, 0.2) is 6.23 Å². The van der Waals surface area contributed by atoms with E-state index in [1.54, 1.807) is 0 Å². The molecular weight excluding hydrogens is 256 g/mol. The summed E-state index contributed by atoms with van der Waals surface area (Å²) >= 11 is 0. The second-order valence-electron chi connectivity index (χ2n) is 4.15. The van der Waals surface area contributed by atoms with Crippen LogP contribution < -0.4 is 16.7 Å². The van der Waals surface area contributed by atoms with Crippen LogP contribution in [-0.2, 0) is 4.74 Å². The molecule has 9 heteroatoms. The summed E-state index contributed by atoms with van der Waals surface area (Å²) in [5.74, 6) is -0.757. The highest BCUT2D eigenvalue weighted by Gasteiger charge is 2.34. The van der Waals surface area contributed by atoms with Gasteiger partial charge in [-0.05, 0) is 0 Å². The molecule has 104 valence electrons. The van der Waals surface area contributed by atoms with Crippen LogP contribution in [0.1, 0.15) is 16.8 Å². The van der Waals surface area contributed by atoms with Gasteiger partial charge in [-0.3, -0.25) is 9.78 Å². The second kappa shape index (κ2) is 5.34. The van der Waals surface area contributed by atoms with E-state index in [1.165, 1.54) is 0 Å². The third-order valence-electron chi connectivity index (χ3n) is 2.76. The molecule has 9 nitrogen and oxygen atoms in total. The van der Waals surface area contributed by atoms with Crippen molar-refractivity contribution in [2.24, 2.45) is 5.73 Å². The Morgan fingerprint density at radius 2 is 2.42 bits per heavy atom. The molecule has 0 bridgehead atoms. The number of hydrogen-bond acceptors (Lipinski definition) is 7. The number of carbonyl (C=O) groups excluding carboxylic acids is 1. The van der Waals surface area contributed by atoms with Crippen molar-refractivity contribution in [1.29, 1.82) is 0 Å². The highest BCUT2D eigenvalue weighted by atomic mass is 16.5. The maximum Gasteiger partial charge on any atom is 0.346 e. The Balaban J connectivity index is 2.21. The fraction of sp³-hybridized carbons (Fsp3) is 0.500. The molecule has 2 heterocycles. The Morgan fingerprint density at radius 3 is 3.00 bits per heavy atom. The molecule has 1 aromatic rings. The molecule has 0 saturated carbocycles. The standard InChI is InChI=1S/C10H14N4O5/c11-7(17)5-2-12-10(18)14-8(5)13-9-6(16)1-4(3-15)19-9/h2,4,6,9,15-16H,1,3H2,(H2,11,17)(H2,12,13,14,18)/t4-,6+,9+/m0/s1. The summed E-state index contributed by atoms with van der Waals surface area (Å²) in [6.07, 6.45) is -0.954. The third kappa shape index (κ3) is 2.89. The van der Waals surface area contributed by atoms with Gasteiger partial charge >= 0.3 is 5.69 Å². The van der Waals surface area contributed by atoms with Gasteiger partial charge in [-0.15, -0.1) is 0 Å². The molecule has 1 aliphatic rings. The normalized spacial score (nSPS) is 26.3. The van der Waals surface area contributed by atoms with Crippen molar-refractivity contribution in [2.45, 2.75) is 24.9 Å². The number of nitrogens with one attached hydrogen (secondary N) is 2. The molecule has 0 spiro atoms. The molecule has 1 aromatic heterocycles. The number of nitrogens with two attached hydrogens (primary N) is 1. The first-order valence-electron chi connectivity index (χ1n) is 5.61. The molecule has 0 aliphatic carbocycles. The van der Waals surface area contributed by atoms with Crippen molar-refractivity contribution in [3.05, 3.63) is 22.2 Å². The number of hydrogen-bond donors (Lipinski definition) is 5. The van der Waals surface area contributed by atoms with E-state index in [2.05, 4.69) is 15.3 Å². The lowest BCUT2D eigenvalue weighted by molar-refractivity contribution is 0.00510. The minimum atomic E-state index is -0.880. The zero-order chi connectivity index (χ0) is 14.0. The number of aromatic amines is 1. The molecule has 1 aliphatic heterocycles. The maximum absolute atomic E-state index is 11.2. The van der Waals surface area contributed by atoms with Crippen LogP contribution >= 0.6 is 0 Å². The van der Waals surface area contributed by atoms with Gasteiger partial charge in [-0.25, -0.2) is 9.78 Å². The van der Waals surface area contributed by atoms with Gasteiger partial charge in [0.25, 0.3) is 5.91 Å². The van der Waals surface area contributed by atoms with E-state index in [1.807, 2.05) is 0 Å². The average Bonchev–Trinajstić information content (AvgIpc) is 2.70. The number of aliphatic hydroxyl groups is 2. The van der Waals surface area contributed by atoms with E-state index in [0.29, 0.717) is 0 Å². The Labute approximate surface area is 107 Å². The molecule has 3 atom stereocenters. The second-order valence-corrected chi connectivity index (χ2v) is 4.15. The monoisotopic (exact) mass is 270 g/mol. The fourth-order valence-corrected chi connectivity index (χ4v) is 1.83. The molecule has 2 rings (SSSR count). The van der Waals surface area contributed by atoms with E-state index in [4.69, 9.17) is 15.6 Å². The van der Waals surface area contributed by atoms with Gasteiger partial charge in [0.05, 0.1) is 18.3 Å². The van der Waals surface area contributed by atoms with Crippen molar-refractivity contribution in [3.8, 4) is 0 Å². The van der Waals surface area contributed by atoms with E-state index >= 15 is 0 Å². The molecule has 1 amide bonds. The number of primary amides is 1. The van der Waals surface area contributed by atoms with E-state index in [9.17, 15) is 14.7 Å². The summed E-state index contributed by atoms with van der Waals surface area (Å²) in [5, 5.41) is 21.3. The summed E-state index contributed by atoms with van der Waals surface area (Å²) in [4.78, 5) is 28.0. The van der Waals surface area contributed by atoms with Gasteiger partial charge in [0, 0.05) is 12.6 Å². The van der Waals surface area contributed by atoms with Crippen LogP contribution in [0.5, 0.6) is 0 Å². The number of nitrogens with zero attached hydrogens (tertiary/aromatic N) is 1. The number of aliphatic hydroxyl groups excluding tert-OH is 2. The summed E-state index contributed by atoms with van der Waals surface area (Å²) < 4.78 is 5.30. The lowest BCUT2D eigenvalue weighted by Gasteiger charge is -2.18. The summed E-state index contributed by atoms with van der Waals surface area (Å²) in [6, 6.07) is 0. The zero-order valence-electron chi connectivity index (χ0n) is 9.87. The van der Waals surface area contributed by atoms with Crippen LogP contribution in [0, 0.1) is 0 Å². The average molecular weight is 270 g/mol. The highest BCUT2D eigenvalue weighted by molar-refractivity contribution is 5.97. The highest BCUT2D eigenvalue weighted by Crippen LogP contribution is 2.22. The summed E-state index contributed by atoms with van der Waals surface area (Å²) in [5.41, 5.74) is 4.45. The lowest BCUT2D eigenvalue weighted by atomic mass is 10.2. The number of anilines is 1. The minimum Gasteiger partial charge on any atom is -0.394 e. The van der Waals surface area contributed by atoms with Gasteiger partial charge in [0.2, 0.25) is 0 Å². The van der Waals surface area contributed by atoms with Crippen molar-refractivity contribution in [1.82, 2.24) is 9.97 Å². The number of ether oxygens (including phenoxy) is 1. The largest absolute Gasteiger partial charge is 0.394 e. The predicted molar refractivity (Wildman–Crippen MR) is 63.4 cm³/mol. The van der Waals surface area contributed by atoms with Gasteiger partial charge < -0.3 is 26.0 Å². The Morgan fingerprint density at radius 1 is 1.68 bits per heavy atom. The third-order valence-corrected chi connectivity index (χ3v) is 2.76. The number of aromatic nitrogens is 2. The topological polar surface area (TPSA) is 151 Å². The predicted octanol–water partition coefficient (Wildman–Crippen LogP) is -2.25. The Kier molecular flexibility index (Phi) is 3.79. The lowest BCUT2D eigenvalue weighted by Crippen LogP contribution is -2.33. The minimum absolute atomic E-state index is 0.0233. The van der Waals surface area contributed by atoms with Gasteiger partial charge in [-0.1, -0.05) is 0 Å². The molecule has 1 fully saturated rings. The first-order valence-corrected chi connectivity index (χ1v) is 5.61. The van der Waals surface area contributed by atoms with Crippen molar-refractivity contribution in [2.75, 3.05) is 11.9 Å². The zero-order valence-corrected chi connectivity index (χ0v) is 9.87. The molecular formula is C10H14N4O5. The maximum atomic E-state index is 11.2. The SMILES string of the molecule is NC(=O)c1cnc(=O)[nH]c1N[C@@H]1O[C@H](CO)C[C@H]1O. The molecule has 1 saturated heterocycles. The fourth-order valence-electron chi connectivity index (χ4n) is 1.83. The number of H-pyrrole nitrogens is 1. The van der Waals surface area contributed by atoms with E-state index in [0.717, 1.165) is 6.20 Å². The van der Waals surface area contributed by atoms with Gasteiger partial charge in [-0.2, -0.15) is 0 Å². The molecule has 6 N–H and O–H groups in total. The van der Waals surface area contributed by atoms with Crippen molar-refractivity contribution >= 4 is 11.7 Å². The van der Waals surface area contributed by atoms with Gasteiger partial charge in [0.1, 0.15) is 11.9 Å².